The summed E-state index contributed by atoms with van der Waals surface area (Å²) in [6.07, 6.45) is 1.92. The van der Waals surface area contributed by atoms with Gasteiger partial charge in [0.25, 0.3) is 0 Å². The van der Waals surface area contributed by atoms with Gasteiger partial charge >= 0.3 is 0 Å². The van der Waals surface area contributed by atoms with Crippen molar-refractivity contribution < 1.29 is 0 Å². The number of aromatic nitrogens is 2. The minimum absolute atomic E-state index is 0.870. The first-order chi connectivity index (χ1) is 26.3. The zero-order valence-corrected chi connectivity index (χ0v) is 29.4. The van der Waals surface area contributed by atoms with E-state index in [0.29, 0.717) is 0 Å². The molecule has 2 nitrogen and oxygen atoms in total. The van der Waals surface area contributed by atoms with Gasteiger partial charge in [0, 0.05) is 42.1 Å². The Morgan fingerprint density at radius 3 is 1.68 bits per heavy atom. The van der Waals surface area contributed by atoms with Crippen LogP contribution in [0.3, 0.4) is 0 Å². The van der Waals surface area contributed by atoms with Crippen LogP contribution in [0.4, 0.5) is 0 Å². The lowest BCUT2D eigenvalue weighted by molar-refractivity contribution is 1.31. The van der Waals surface area contributed by atoms with Crippen LogP contribution in [-0.4, -0.2) is 9.97 Å². The van der Waals surface area contributed by atoms with E-state index in [9.17, 15) is 0 Å². The van der Waals surface area contributed by atoms with E-state index in [2.05, 4.69) is 176 Å². The Morgan fingerprint density at radius 1 is 0.340 bits per heavy atom. The highest BCUT2D eigenvalue weighted by Gasteiger charge is 2.16. The molecular weight excluding hydrogens is 661 g/mol. The number of nitrogens with zero attached hydrogens (tertiary/aromatic N) is 2. The molecule has 0 amide bonds. The molecule has 2 heterocycles. The number of thiophene rings is 1. The van der Waals surface area contributed by atoms with Gasteiger partial charge in [-0.15, -0.1) is 11.3 Å². The molecule has 0 saturated heterocycles. The van der Waals surface area contributed by atoms with E-state index in [-0.39, 0.29) is 0 Å². The largest absolute Gasteiger partial charge is 0.252 e. The van der Waals surface area contributed by atoms with E-state index in [0.717, 1.165) is 44.2 Å². The van der Waals surface area contributed by atoms with Crippen LogP contribution in [0, 0.1) is 0 Å². The van der Waals surface area contributed by atoms with Crippen LogP contribution in [0.5, 0.6) is 0 Å². The molecule has 0 bridgehead atoms. The Morgan fingerprint density at radius 2 is 0.906 bits per heavy atom. The van der Waals surface area contributed by atoms with Crippen LogP contribution >= 0.6 is 11.3 Å². The molecule has 0 radical (unpaired) electrons. The molecule has 0 spiro atoms. The maximum atomic E-state index is 5.24. The van der Waals surface area contributed by atoms with Gasteiger partial charge in [-0.25, -0.2) is 4.98 Å². The number of hydrogen-bond acceptors (Lipinski definition) is 3. The Balaban J connectivity index is 0.966. The lowest BCUT2D eigenvalue weighted by Crippen LogP contribution is -1.92. The lowest BCUT2D eigenvalue weighted by atomic mass is 9.91. The molecule has 11 rings (SSSR count). The smallest absolute Gasteiger partial charge is 0.0979 e. The fourth-order valence-corrected chi connectivity index (χ4v) is 9.44. The van der Waals surface area contributed by atoms with Gasteiger partial charge in [0.15, 0.2) is 0 Å². The summed E-state index contributed by atoms with van der Waals surface area (Å²) in [7, 11) is 0. The summed E-state index contributed by atoms with van der Waals surface area (Å²) in [5, 5.41) is 9.84. The van der Waals surface area contributed by atoms with Crippen LogP contribution in [0.15, 0.2) is 182 Å². The molecule has 53 heavy (non-hydrogen) atoms. The van der Waals surface area contributed by atoms with Gasteiger partial charge in [0.05, 0.1) is 22.9 Å². The molecule has 0 atom stereocenters. The van der Waals surface area contributed by atoms with Crippen LogP contribution < -0.4 is 0 Å². The van der Waals surface area contributed by atoms with Crippen molar-refractivity contribution in [2.45, 2.75) is 0 Å². The van der Waals surface area contributed by atoms with Crippen molar-refractivity contribution in [2.24, 2.45) is 0 Å². The highest BCUT2D eigenvalue weighted by molar-refractivity contribution is 7.26. The van der Waals surface area contributed by atoms with Gasteiger partial charge in [-0.1, -0.05) is 164 Å². The maximum absolute atomic E-state index is 5.24. The summed E-state index contributed by atoms with van der Waals surface area (Å²) < 4.78 is 2.67. The van der Waals surface area contributed by atoms with Gasteiger partial charge in [-0.3, -0.25) is 4.98 Å². The zero-order valence-electron chi connectivity index (χ0n) is 28.6. The first-order valence-corrected chi connectivity index (χ1v) is 18.8. The van der Waals surface area contributed by atoms with Gasteiger partial charge in [-0.05, 0) is 61.5 Å². The van der Waals surface area contributed by atoms with Gasteiger partial charge in [0.2, 0.25) is 0 Å². The molecule has 0 fully saturated rings. The van der Waals surface area contributed by atoms with Gasteiger partial charge in [0.1, 0.15) is 0 Å². The Kier molecular flexibility index (Phi) is 6.76. The zero-order chi connectivity index (χ0) is 34.9. The third-order valence-corrected chi connectivity index (χ3v) is 12.0. The minimum Gasteiger partial charge on any atom is -0.252 e. The summed E-state index contributed by atoms with van der Waals surface area (Å²) in [5.41, 5.74) is 11.1. The van der Waals surface area contributed by atoms with Crippen molar-refractivity contribution in [1.29, 1.82) is 0 Å². The summed E-state index contributed by atoms with van der Waals surface area (Å²) in [5.74, 6) is 0. The van der Waals surface area contributed by atoms with Crippen LogP contribution in [-0.2, 0) is 0 Å². The summed E-state index contributed by atoms with van der Waals surface area (Å²) in [6, 6.07) is 63.5. The number of benzene rings is 9. The highest BCUT2D eigenvalue weighted by atomic mass is 32.1. The second kappa shape index (κ2) is 11.9. The molecule has 246 valence electrons. The minimum atomic E-state index is 0.870. The van der Waals surface area contributed by atoms with Crippen molar-refractivity contribution in [2.75, 3.05) is 0 Å². The molecule has 0 unspecified atom stereocenters. The average Bonchev–Trinajstić information content (AvgIpc) is 3.63. The van der Waals surface area contributed by atoms with Crippen molar-refractivity contribution in [3.8, 4) is 44.6 Å². The second-order valence-corrected chi connectivity index (χ2v) is 14.7. The SMILES string of the molecule is c1cc(-c2ccc(-c3ccc(-c4cccc5c4sc4ccccc45)c4ccccc34)cc2)cc(-c2cnc3c4ccccc4c4ccccc4c3n2)c1. The van der Waals surface area contributed by atoms with E-state index in [1.54, 1.807) is 0 Å². The molecule has 0 saturated carbocycles. The van der Waals surface area contributed by atoms with E-state index in [1.165, 1.54) is 64.0 Å². The third kappa shape index (κ3) is 4.78. The summed E-state index contributed by atoms with van der Waals surface area (Å²) in [4.78, 5) is 10.2. The predicted molar refractivity (Wildman–Crippen MR) is 227 cm³/mol. The van der Waals surface area contributed by atoms with Crippen molar-refractivity contribution >= 4 is 74.9 Å². The molecule has 0 aliphatic heterocycles. The van der Waals surface area contributed by atoms with Crippen LogP contribution in [0.25, 0.3) is 108 Å². The number of fused-ring (bicyclic) bond motifs is 10. The summed E-state index contributed by atoms with van der Waals surface area (Å²) >= 11 is 1.88. The molecule has 0 aliphatic carbocycles. The van der Waals surface area contributed by atoms with Crippen molar-refractivity contribution in [3.63, 3.8) is 0 Å². The van der Waals surface area contributed by atoms with E-state index < -0.39 is 0 Å². The fraction of sp³-hybridized carbons (Fsp3) is 0. The van der Waals surface area contributed by atoms with Gasteiger partial charge < -0.3 is 0 Å². The Hall–Kier alpha value is -6.68. The second-order valence-electron chi connectivity index (χ2n) is 13.7. The molecule has 3 heteroatoms. The van der Waals surface area contributed by atoms with Crippen molar-refractivity contribution in [1.82, 2.24) is 9.97 Å². The molecule has 0 N–H and O–H groups in total. The van der Waals surface area contributed by atoms with Crippen LogP contribution in [0.1, 0.15) is 0 Å². The number of hydrogen-bond donors (Lipinski definition) is 0. The topological polar surface area (TPSA) is 25.8 Å². The number of rotatable bonds is 4. The molecule has 9 aromatic carbocycles. The highest BCUT2D eigenvalue weighted by Crippen LogP contribution is 2.43. The van der Waals surface area contributed by atoms with Crippen molar-refractivity contribution in [3.05, 3.63) is 182 Å². The van der Waals surface area contributed by atoms with E-state index in [1.807, 2.05) is 17.5 Å². The quantitative estimate of drug-likeness (QED) is 0.172. The predicted octanol–water partition coefficient (Wildman–Crippen LogP) is 14.1. The lowest BCUT2D eigenvalue weighted by Gasteiger charge is -2.13. The molecule has 0 aliphatic rings. The first kappa shape index (κ1) is 30.0. The van der Waals surface area contributed by atoms with E-state index in [4.69, 9.17) is 9.97 Å². The van der Waals surface area contributed by atoms with Crippen LogP contribution in [0.2, 0.25) is 0 Å². The summed E-state index contributed by atoms with van der Waals surface area (Å²) in [6.45, 7) is 0. The Bertz CT molecular complexity index is 3190. The normalized spacial score (nSPS) is 11.8. The average molecular weight is 691 g/mol. The monoisotopic (exact) mass is 690 g/mol. The Labute approximate surface area is 310 Å². The third-order valence-electron chi connectivity index (χ3n) is 10.7. The molecule has 2 aromatic heterocycles. The van der Waals surface area contributed by atoms with Gasteiger partial charge in [-0.2, -0.15) is 0 Å². The fourth-order valence-electron chi connectivity index (χ4n) is 8.21. The first-order valence-electron chi connectivity index (χ1n) is 18.0. The maximum Gasteiger partial charge on any atom is 0.0979 e. The molecule has 11 aromatic rings. The molecular formula is C50H30N2S. The van der Waals surface area contributed by atoms with E-state index >= 15 is 0 Å². The standard InChI is InChI=1S/C50H30N2S/c1-2-14-37-36(13-1)35(27-28-40(37)44-20-10-21-45-41-17-7-8-22-47(41)53-50(44)45)32-25-23-31(24-26-32)33-11-9-12-34(29-33)46-30-51-48-42-18-5-3-15-38(42)39-16-4-6-19-43(39)49(48)52-46/h1-30H.